The van der Waals surface area contributed by atoms with Crippen molar-refractivity contribution in [2.24, 2.45) is 0 Å². The summed E-state index contributed by atoms with van der Waals surface area (Å²) in [7, 11) is 0. The number of ether oxygens (including phenoxy) is 1. The first-order valence-corrected chi connectivity index (χ1v) is 6.97. The molecule has 0 fully saturated rings. The third-order valence-corrected chi connectivity index (χ3v) is 3.80. The minimum atomic E-state index is 0.527. The molecule has 1 aromatic heterocycles. The summed E-state index contributed by atoms with van der Waals surface area (Å²) in [5.74, 6) is 0.565. The molecule has 0 unspecified atom stereocenters. The molecule has 3 nitrogen and oxygen atoms in total. The van der Waals surface area contributed by atoms with Crippen LogP contribution in [0.15, 0.2) is 36.4 Å². The summed E-state index contributed by atoms with van der Waals surface area (Å²) in [6, 6.07) is 10.6. The predicted octanol–water partition coefficient (Wildman–Crippen LogP) is 4.98. The Kier molecular flexibility index (Phi) is 3.22. The summed E-state index contributed by atoms with van der Waals surface area (Å²) in [5, 5.41) is 1.70. The van der Waals surface area contributed by atoms with E-state index in [0.717, 1.165) is 10.2 Å². The molecule has 0 amide bonds. The van der Waals surface area contributed by atoms with Gasteiger partial charge in [0.15, 0.2) is 0 Å². The molecule has 3 rings (SSSR count). The molecule has 1 heterocycles. The van der Waals surface area contributed by atoms with Gasteiger partial charge in [-0.2, -0.15) is 0 Å². The topological polar surface area (TPSA) is 48.1 Å². The Labute approximate surface area is 123 Å². The van der Waals surface area contributed by atoms with Gasteiger partial charge in [0.25, 0.3) is 5.19 Å². The Morgan fingerprint density at radius 2 is 1.89 bits per heavy atom. The smallest absolute Gasteiger partial charge is 0.279 e. The quantitative estimate of drug-likeness (QED) is 0.679. The summed E-state index contributed by atoms with van der Waals surface area (Å²) < 4.78 is 6.67. The lowest BCUT2D eigenvalue weighted by Crippen LogP contribution is -1.87. The Balaban J connectivity index is 1.96. The number of nitrogens with two attached hydrogens (primary N) is 1. The Bertz CT molecular complexity index is 737. The van der Waals surface area contributed by atoms with Crippen LogP contribution in [0.1, 0.15) is 0 Å². The number of hydrogen-bond donors (Lipinski definition) is 1. The highest BCUT2D eigenvalue weighted by atomic mass is 35.5. The van der Waals surface area contributed by atoms with Crippen molar-refractivity contribution in [2.75, 3.05) is 5.73 Å². The van der Waals surface area contributed by atoms with Gasteiger partial charge in [0.2, 0.25) is 0 Å². The highest BCUT2D eigenvalue weighted by Gasteiger charge is 2.07. The summed E-state index contributed by atoms with van der Waals surface area (Å²) in [6.45, 7) is 0. The molecule has 0 aliphatic heterocycles. The third-order valence-electron chi connectivity index (χ3n) is 2.43. The van der Waals surface area contributed by atoms with Crippen LogP contribution in [0.4, 0.5) is 5.69 Å². The van der Waals surface area contributed by atoms with E-state index in [-0.39, 0.29) is 0 Å². The fourth-order valence-corrected chi connectivity index (χ4v) is 2.88. The molecule has 0 bridgehead atoms. The molecule has 2 N–H and O–H groups in total. The van der Waals surface area contributed by atoms with Gasteiger partial charge in [-0.1, -0.05) is 34.5 Å². The number of aromatic nitrogens is 1. The fourth-order valence-electron chi connectivity index (χ4n) is 1.67. The Hall–Kier alpha value is -1.49. The SMILES string of the molecule is Nc1cc(Cl)cc(Oc2nc3cc(Cl)ccc3s2)c1. The highest BCUT2D eigenvalue weighted by Crippen LogP contribution is 2.34. The number of fused-ring (bicyclic) bond motifs is 1. The standard InChI is InChI=1S/C13H8Cl2N2OS/c14-7-1-2-12-11(5-7)17-13(19-12)18-10-4-8(15)3-9(16)6-10/h1-6H,16H2. The average molecular weight is 311 g/mol. The molecule has 0 aliphatic carbocycles. The molecule has 3 aromatic rings. The van der Waals surface area contributed by atoms with Gasteiger partial charge < -0.3 is 10.5 Å². The Morgan fingerprint density at radius 3 is 2.68 bits per heavy atom. The molecular formula is C13H8Cl2N2OS. The minimum absolute atomic E-state index is 0.527. The lowest BCUT2D eigenvalue weighted by Gasteiger charge is -2.03. The second-order valence-electron chi connectivity index (χ2n) is 3.91. The first-order valence-electron chi connectivity index (χ1n) is 5.40. The number of hydrogen-bond acceptors (Lipinski definition) is 4. The van der Waals surface area contributed by atoms with E-state index in [1.165, 1.54) is 11.3 Å². The van der Waals surface area contributed by atoms with Gasteiger partial charge in [0.1, 0.15) is 5.75 Å². The van der Waals surface area contributed by atoms with Crippen molar-refractivity contribution in [2.45, 2.75) is 0 Å². The molecule has 0 spiro atoms. The summed E-state index contributed by atoms with van der Waals surface area (Å²) >= 11 is 13.3. The first kappa shape index (κ1) is 12.5. The first-order chi connectivity index (χ1) is 9.10. The molecule has 0 saturated heterocycles. The van der Waals surface area contributed by atoms with E-state index in [0.29, 0.717) is 26.7 Å². The lowest BCUT2D eigenvalue weighted by molar-refractivity contribution is 0.480. The van der Waals surface area contributed by atoms with Crippen molar-refractivity contribution in [3.63, 3.8) is 0 Å². The highest BCUT2D eigenvalue weighted by molar-refractivity contribution is 7.20. The zero-order valence-corrected chi connectivity index (χ0v) is 11.9. The Morgan fingerprint density at radius 1 is 1.05 bits per heavy atom. The van der Waals surface area contributed by atoms with Gasteiger partial charge in [-0.15, -0.1) is 0 Å². The van der Waals surface area contributed by atoms with E-state index >= 15 is 0 Å². The van der Waals surface area contributed by atoms with Gasteiger partial charge in [-0.25, -0.2) is 4.98 Å². The van der Waals surface area contributed by atoms with Crippen LogP contribution >= 0.6 is 34.5 Å². The number of nitrogen functional groups attached to an aromatic ring is 1. The van der Waals surface area contributed by atoms with Gasteiger partial charge >= 0.3 is 0 Å². The van der Waals surface area contributed by atoms with Gasteiger partial charge in [0.05, 0.1) is 10.2 Å². The normalized spacial score (nSPS) is 10.8. The van der Waals surface area contributed by atoms with Crippen LogP contribution in [-0.2, 0) is 0 Å². The van der Waals surface area contributed by atoms with Crippen molar-refractivity contribution >= 4 is 50.4 Å². The number of thiazole rings is 1. The predicted molar refractivity (Wildman–Crippen MR) is 80.6 cm³/mol. The molecule has 0 atom stereocenters. The molecule has 2 aromatic carbocycles. The fraction of sp³-hybridized carbons (Fsp3) is 0. The zero-order valence-electron chi connectivity index (χ0n) is 9.56. The van der Waals surface area contributed by atoms with Crippen LogP contribution in [-0.4, -0.2) is 4.98 Å². The second kappa shape index (κ2) is 4.89. The summed E-state index contributed by atoms with van der Waals surface area (Å²) in [4.78, 5) is 4.36. The number of halogens is 2. The van der Waals surface area contributed by atoms with Gasteiger partial charge in [-0.3, -0.25) is 0 Å². The maximum absolute atomic E-state index is 5.92. The van der Waals surface area contributed by atoms with E-state index in [1.807, 2.05) is 12.1 Å². The number of anilines is 1. The number of rotatable bonds is 2. The van der Waals surface area contributed by atoms with Crippen LogP contribution in [0.5, 0.6) is 10.9 Å². The maximum Gasteiger partial charge on any atom is 0.279 e. The lowest BCUT2D eigenvalue weighted by atomic mass is 10.3. The van der Waals surface area contributed by atoms with Gasteiger partial charge in [-0.05, 0) is 30.3 Å². The molecule has 19 heavy (non-hydrogen) atoms. The number of nitrogens with zero attached hydrogens (tertiary/aromatic N) is 1. The van der Waals surface area contributed by atoms with Crippen LogP contribution in [0.2, 0.25) is 10.0 Å². The second-order valence-corrected chi connectivity index (χ2v) is 5.78. The summed E-state index contributed by atoms with van der Waals surface area (Å²) in [6.07, 6.45) is 0. The van der Waals surface area contributed by atoms with Crippen molar-refractivity contribution in [1.82, 2.24) is 4.98 Å². The molecular weight excluding hydrogens is 303 g/mol. The summed E-state index contributed by atoms with van der Waals surface area (Å²) in [5.41, 5.74) is 7.06. The van der Waals surface area contributed by atoms with E-state index in [2.05, 4.69) is 4.98 Å². The monoisotopic (exact) mass is 310 g/mol. The number of benzene rings is 2. The molecule has 0 saturated carbocycles. The van der Waals surface area contributed by atoms with Crippen molar-refractivity contribution in [1.29, 1.82) is 0 Å². The average Bonchev–Trinajstić information content (AvgIpc) is 2.68. The van der Waals surface area contributed by atoms with Crippen molar-refractivity contribution in [3.05, 3.63) is 46.4 Å². The van der Waals surface area contributed by atoms with E-state index in [4.69, 9.17) is 33.7 Å². The molecule has 0 aliphatic rings. The maximum atomic E-state index is 5.92. The van der Waals surface area contributed by atoms with E-state index < -0.39 is 0 Å². The molecule has 96 valence electrons. The van der Waals surface area contributed by atoms with Crippen LogP contribution in [0, 0.1) is 0 Å². The van der Waals surface area contributed by atoms with Crippen molar-refractivity contribution in [3.8, 4) is 10.9 Å². The van der Waals surface area contributed by atoms with E-state index in [9.17, 15) is 0 Å². The van der Waals surface area contributed by atoms with E-state index in [1.54, 1.807) is 24.3 Å². The zero-order chi connectivity index (χ0) is 13.4. The minimum Gasteiger partial charge on any atom is -0.431 e. The largest absolute Gasteiger partial charge is 0.431 e. The van der Waals surface area contributed by atoms with Gasteiger partial charge in [0, 0.05) is 21.8 Å². The van der Waals surface area contributed by atoms with Crippen LogP contribution in [0.25, 0.3) is 10.2 Å². The third kappa shape index (κ3) is 2.76. The van der Waals surface area contributed by atoms with Crippen LogP contribution in [0.3, 0.4) is 0 Å². The van der Waals surface area contributed by atoms with Crippen molar-refractivity contribution < 1.29 is 4.74 Å². The van der Waals surface area contributed by atoms with Crippen LogP contribution < -0.4 is 10.5 Å². The molecule has 0 radical (unpaired) electrons. The molecule has 6 heteroatoms.